The lowest BCUT2D eigenvalue weighted by Gasteiger charge is -2.26. The van der Waals surface area contributed by atoms with Crippen molar-refractivity contribution < 1.29 is 13.2 Å². The Bertz CT molecular complexity index is 554. The summed E-state index contributed by atoms with van der Waals surface area (Å²) in [5.41, 5.74) is 7.11. The summed E-state index contributed by atoms with van der Waals surface area (Å²) >= 11 is 0. The third kappa shape index (κ3) is 3.92. The zero-order valence-corrected chi connectivity index (χ0v) is 12.4. The Labute approximate surface area is 120 Å². The molecular formula is C13H21N3O3S. The van der Waals surface area contributed by atoms with Gasteiger partial charge in [0.15, 0.2) is 0 Å². The third-order valence-electron chi connectivity index (χ3n) is 3.38. The molecule has 1 heterocycles. The Morgan fingerprint density at radius 3 is 2.70 bits per heavy atom. The molecule has 3 N–H and O–H groups in total. The van der Waals surface area contributed by atoms with Gasteiger partial charge in [0.25, 0.3) is 0 Å². The lowest BCUT2D eigenvalue weighted by atomic mass is 10.2. The molecule has 7 heteroatoms. The highest BCUT2D eigenvalue weighted by molar-refractivity contribution is 7.89. The number of sulfonamides is 1. The Balaban J connectivity index is 1.91. The predicted molar refractivity (Wildman–Crippen MR) is 78.0 cm³/mol. The van der Waals surface area contributed by atoms with Crippen molar-refractivity contribution in [3.8, 4) is 0 Å². The van der Waals surface area contributed by atoms with Crippen molar-refractivity contribution in [1.82, 2.24) is 9.62 Å². The lowest BCUT2D eigenvalue weighted by molar-refractivity contribution is 0.0390. The molecule has 0 radical (unpaired) electrons. The minimum absolute atomic E-state index is 0.211. The number of hydrogen-bond donors (Lipinski definition) is 2. The summed E-state index contributed by atoms with van der Waals surface area (Å²) in [6, 6.07) is 4.78. The number of anilines is 1. The van der Waals surface area contributed by atoms with E-state index < -0.39 is 10.0 Å². The highest BCUT2D eigenvalue weighted by Crippen LogP contribution is 2.16. The molecule has 112 valence electrons. The van der Waals surface area contributed by atoms with Crippen molar-refractivity contribution in [2.45, 2.75) is 11.8 Å². The molecule has 0 bridgehead atoms. The van der Waals surface area contributed by atoms with Gasteiger partial charge in [-0.05, 0) is 24.6 Å². The molecule has 1 aliphatic rings. The first kappa shape index (κ1) is 15.2. The van der Waals surface area contributed by atoms with Gasteiger partial charge in [-0.3, -0.25) is 4.90 Å². The molecule has 1 saturated heterocycles. The standard InChI is InChI=1S/C13H21N3O3S/c1-11-2-3-12(10-13(11)14)20(17,18)15-4-5-16-6-8-19-9-7-16/h2-3,10,15H,4-9,14H2,1H3. The number of nitrogen functional groups attached to an aromatic ring is 1. The largest absolute Gasteiger partial charge is 0.398 e. The Kier molecular flexibility index (Phi) is 4.98. The molecule has 6 nitrogen and oxygen atoms in total. The average Bonchev–Trinajstić information content (AvgIpc) is 2.43. The topological polar surface area (TPSA) is 84.7 Å². The van der Waals surface area contributed by atoms with E-state index in [9.17, 15) is 8.42 Å². The van der Waals surface area contributed by atoms with E-state index in [1.54, 1.807) is 12.1 Å². The number of aryl methyl sites for hydroxylation is 1. The highest BCUT2D eigenvalue weighted by atomic mass is 32.2. The molecule has 0 unspecified atom stereocenters. The maximum absolute atomic E-state index is 12.1. The number of morpholine rings is 1. The number of nitrogens with one attached hydrogen (secondary N) is 1. The van der Waals surface area contributed by atoms with Crippen LogP contribution in [0.3, 0.4) is 0 Å². The molecule has 1 aromatic carbocycles. The van der Waals surface area contributed by atoms with E-state index in [0.29, 0.717) is 32.0 Å². The molecule has 2 rings (SSSR count). The first-order chi connectivity index (χ1) is 9.49. The van der Waals surface area contributed by atoms with E-state index in [0.717, 1.165) is 18.7 Å². The Morgan fingerprint density at radius 1 is 1.35 bits per heavy atom. The highest BCUT2D eigenvalue weighted by Gasteiger charge is 2.16. The molecule has 20 heavy (non-hydrogen) atoms. The summed E-state index contributed by atoms with van der Waals surface area (Å²) in [4.78, 5) is 2.39. The van der Waals surface area contributed by atoms with E-state index in [2.05, 4.69) is 9.62 Å². The SMILES string of the molecule is Cc1ccc(S(=O)(=O)NCCN2CCOCC2)cc1N. The van der Waals surface area contributed by atoms with Crippen LogP contribution in [0.5, 0.6) is 0 Å². The predicted octanol–water partition coefficient (Wildman–Crippen LogP) is 0.188. The molecule has 1 fully saturated rings. The number of ether oxygens (including phenoxy) is 1. The fraction of sp³-hybridized carbons (Fsp3) is 0.538. The van der Waals surface area contributed by atoms with Crippen molar-refractivity contribution in [3.63, 3.8) is 0 Å². The van der Waals surface area contributed by atoms with Gasteiger partial charge >= 0.3 is 0 Å². The van der Waals surface area contributed by atoms with Gasteiger partial charge in [0, 0.05) is 31.9 Å². The van der Waals surface area contributed by atoms with Gasteiger partial charge in [0.05, 0.1) is 18.1 Å². The number of rotatable bonds is 5. The lowest BCUT2D eigenvalue weighted by Crippen LogP contribution is -2.41. The van der Waals surface area contributed by atoms with Gasteiger partial charge in [-0.1, -0.05) is 6.07 Å². The number of hydrogen-bond acceptors (Lipinski definition) is 5. The molecule has 0 atom stereocenters. The number of benzene rings is 1. The van der Waals surface area contributed by atoms with E-state index in [4.69, 9.17) is 10.5 Å². The molecule has 0 amide bonds. The average molecular weight is 299 g/mol. The first-order valence-corrected chi connectivity index (χ1v) is 8.13. The van der Waals surface area contributed by atoms with Crippen molar-refractivity contribution in [2.75, 3.05) is 45.1 Å². The van der Waals surface area contributed by atoms with Crippen molar-refractivity contribution >= 4 is 15.7 Å². The van der Waals surface area contributed by atoms with E-state index in [1.165, 1.54) is 6.07 Å². The molecular weight excluding hydrogens is 278 g/mol. The molecule has 0 spiro atoms. The Hall–Kier alpha value is -1.15. The van der Waals surface area contributed by atoms with Gasteiger partial charge in [0.1, 0.15) is 0 Å². The fourth-order valence-electron chi connectivity index (χ4n) is 2.03. The summed E-state index contributed by atoms with van der Waals surface area (Å²) in [5.74, 6) is 0. The first-order valence-electron chi connectivity index (χ1n) is 6.65. The molecule has 0 aliphatic carbocycles. The smallest absolute Gasteiger partial charge is 0.240 e. The van der Waals surface area contributed by atoms with Gasteiger partial charge in [-0.15, -0.1) is 0 Å². The van der Waals surface area contributed by atoms with E-state index in [1.807, 2.05) is 6.92 Å². The van der Waals surface area contributed by atoms with Crippen molar-refractivity contribution in [1.29, 1.82) is 0 Å². The summed E-state index contributed by atoms with van der Waals surface area (Å²) in [5, 5.41) is 0. The van der Waals surface area contributed by atoms with Crippen LogP contribution in [-0.2, 0) is 14.8 Å². The minimum Gasteiger partial charge on any atom is -0.398 e. The second kappa shape index (κ2) is 6.53. The molecule has 0 saturated carbocycles. The van der Waals surface area contributed by atoms with Crippen LogP contribution in [0.15, 0.2) is 23.1 Å². The maximum Gasteiger partial charge on any atom is 0.240 e. The van der Waals surface area contributed by atoms with Crippen LogP contribution in [0.2, 0.25) is 0 Å². The summed E-state index contributed by atoms with van der Waals surface area (Å²) in [7, 11) is -3.49. The van der Waals surface area contributed by atoms with Gasteiger partial charge in [0.2, 0.25) is 10.0 Å². The fourth-order valence-corrected chi connectivity index (χ4v) is 3.09. The molecule has 1 aromatic rings. The van der Waals surface area contributed by atoms with Crippen LogP contribution in [0.4, 0.5) is 5.69 Å². The zero-order valence-electron chi connectivity index (χ0n) is 11.6. The molecule has 1 aliphatic heterocycles. The van der Waals surface area contributed by atoms with Gasteiger partial charge in [-0.25, -0.2) is 13.1 Å². The van der Waals surface area contributed by atoms with Crippen LogP contribution in [0.1, 0.15) is 5.56 Å². The monoisotopic (exact) mass is 299 g/mol. The van der Waals surface area contributed by atoms with Crippen LogP contribution in [0.25, 0.3) is 0 Å². The van der Waals surface area contributed by atoms with Gasteiger partial charge < -0.3 is 10.5 Å². The summed E-state index contributed by atoms with van der Waals surface area (Å²) in [6.45, 7) is 6.03. The summed E-state index contributed by atoms with van der Waals surface area (Å²) in [6.07, 6.45) is 0. The second-order valence-electron chi connectivity index (χ2n) is 4.87. The van der Waals surface area contributed by atoms with Crippen LogP contribution in [0, 0.1) is 6.92 Å². The van der Waals surface area contributed by atoms with Crippen LogP contribution >= 0.6 is 0 Å². The number of nitrogens with two attached hydrogens (primary N) is 1. The molecule has 0 aromatic heterocycles. The Morgan fingerprint density at radius 2 is 2.05 bits per heavy atom. The van der Waals surface area contributed by atoms with Gasteiger partial charge in [-0.2, -0.15) is 0 Å². The normalized spacial score (nSPS) is 17.2. The van der Waals surface area contributed by atoms with E-state index >= 15 is 0 Å². The quantitative estimate of drug-likeness (QED) is 0.758. The van der Waals surface area contributed by atoms with Crippen molar-refractivity contribution in [2.24, 2.45) is 0 Å². The zero-order chi connectivity index (χ0) is 14.6. The number of nitrogens with zero attached hydrogens (tertiary/aromatic N) is 1. The van der Waals surface area contributed by atoms with Crippen LogP contribution < -0.4 is 10.5 Å². The second-order valence-corrected chi connectivity index (χ2v) is 6.64. The third-order valence-corrected chi connectivity index (χ3v) is 4.84. The van der Waals surface area contributed by atoms with Crippen LogP contribution in [-0.4, -0.2) is 52.7 Å². The summed E-state index contributed by atoms with van der Waals surface area (Å²) < 4.78 is 32.1. The minimum atomic E-state index is -3.49. The van der Waals surface area contributed by atoms with E-state index in [-0.39, 0.29) is 4.90 Å². The van der Waals surface area contributed by atoms with Crippen molar-refractivity contribution in [3.05, 3.63) is 23.8 Å². The maximum atomic E-state index is 12.1.